The number of pyridine rings is 2. The Morgan fingerprint density at radius 2 is 2.00 bits per heavy atom. The van der Waals surface area contributed by atoms with Crippen LogP contribution in [0.2, 0.25) is 0 Å². The highest BCUT2D eigenvalue weighted by molar-refractivity contribution is 7.89. The van der Waals surface area contributed by atoms with Gasteiger partial charge in [0.05, 0.1) is 29.8 Å². The van der Waals surface area contributed by atoms with E-state index in [1.165, 1.54) is 12.3 Å². The molecule has 3 heterocycles. The number of aromatic nitrogens is 3. The van der Waals surface area contributed by atoms with Crippen LogP contribution in [0.15, 0.2) is 53.7 Å². The van der Waals surface area contributed by atoms with Gasteiger partial charge in [-0.05, 0) is 44.2 Å². The number of nitriles is 1. The molecule has 1 N–H and O–H groups in total. The number of fused-ring (bicyclic) bond motifs is 1. The molecule has 0 saturated heterocycles. The number of nitrogens with one attached hydrogen (secondary N) is 1. The molecule has 1 atom stereocenters. The monoisotopic (exact) mass is 489 g/mol. The van der Waals surface area contributed by atoms with Gasteiger partial charge in [-0.1, -0.05) is 6.08 Å². The largest absolute Gasteiger partial charge is 0.492 e. The first-order chi connectivity index (χ1) is 16.1. The topological polar surface area (TPSA) is 110 Å². The van der Waals surface area contributed by atoms with Crippen LogP contribution in [0.4, 0.5) is 13.2 Å². The average Bonchev–Trinajstić information content (AvgIpc) is 3.05. The Hall–Kier alpha value is -3.69. The van der Waals surface area contributed by atoms with E-state index < -0.39 is 27.1 Å². The quantitative estimate of drug-likeness (QED) is 0.537. The Morgan fingerprint density at radius 3 is 2.53 bits per heavy atom. The molecule has 0 spiro atoms. The van der Waals surface area contributed by atoms with Gasteiger partial charge in [-0.3, -0.25) is 9.55 Å². The molecule has 176 valence electrons. The van der Waals surface area contributed by atoms with E-state index in [0.717, 1.165) is 18.0 Å². The minimum atomic E-state index is -4.74. The predicted molar refractivity (Wildman–Crippen MR) is 118 cm³/mol. The van der Waals surface area contributed by atoms with Gasteiger partial charge in [-0.15, -0.1) is 0 Å². The number of nitrogens with zero attached hydrogens (tertiary/aromatic N) is 4. The highest BCUT2D eigenvalue weighted by Gasteiger charge is 2.39. The number of allylic oxidation sites excluding steroid dienone is 4. The van der Waals surface area contributed by atoms with Gasteiger partial charge in [0, 0.05) is 17.3 Å². The average molecular weight is 489 g/mol. The summed E-state index contributed by atoms with van der Waals surface area (Å²) in [5.41, 5.74) is 2.07. The number of hydrogen-bond acceptors (Lipinski definition) is 6. The van der Waals surface area contributed by atoms with E-state index in [-0.39, 0.29) is 11.3 Å². The third-order valence-corrected chi connectivity index (χ3v) is 6.64. The molecule has 8 nitrogen and oxygen atoms in total. The second-order valence-corrected chi connectivity index (χ2v) is 9.07. The summed E-state index contributed by atoms with van der Waals surface area (Å²) in [6.45, 7) is 2.94. The summed E-state index contributed by atoms with van der Waals surface area (Å²) < 4.78 is 72.0. The Labute approximate surface area is 193 Å². The molecule has 3 aromatic heterocycles. The van der Waals surface area contributed by atoms with Crippen molar-refractivity contribution < 1.29 is 26.3 Å². The maximum absolute atomic E-state index is 12.8. The van der Waals surface area contributed by atoms with Crippen LogP contribution in [-0.4, -0.2) is 41.8 Å². The maximum Gasteiger partial charge on any atom is 0.404 e. The molecular formula is C22H18F3N5O3S. The van der Waals surface area contributed by atoms with Gasteiger partial charge in [0.2, 0.25) is 10.0 Å². The fraction of sp³-hybridized carbons (Fsp3) is 0.227. The van der Waals surface area contributed by atoms with Gasteiger partial charge in [0.1, 0.15) is 28.4 Å². The smallest absolute Gasteiger partial charge is 0.404 e. The first-order valence-corrected chi connectivity index (χ1v) is 11.6. The molecule has 1 aliphatic rings. The lowest BCUT2D eigenvalue weighted by atomic mass is 10.1. The highest BCUT2D eigenvalue weighted by Crippen LogP contribution is 2.37. The maximum atomic E-state index is 12.8. The SMILES string of the molecule is CCOc1cnc2c(c1)c(C#N)c(-c1ccc(S(=O)(=O)N[C@H](C)C(F)(F)F)cn1)n2C1=CC=C1. The van der Waals surface area contributed by atoms with Crippen LogP contribution in [0.25, 0.3) is 28.1 Å². The number of ether oxygens (including phenoxy) is 1. The Bertz CT molecular complexity index is 1470. The van der Waals surface area contributed by atoms with E-state index in [1.54, 1.807) is 15.4 Å². The van der Waals surface area contributed by atoms with Crippen molar-refractivity contribution in [2.45, 2.75) is 31.0 Å². The molecule has 1 aliphatic carbocycles. The van der Waals surface area contributed by atoms with Crippen LogP contribution in [0.5, 0.6) is 5.75 Å². The van der Waals surface area contributed by atoms with Gasteiger partial charge in [0.15, 0.2) is 0 Å². The number of sulfonamides is 1. The minimum Gasteiger partial charge on any atom is -0.492 e. The van der Waals surface area contributed by atoms with Crippen LogP contribution in [-0.2, 0) is 10.0 Å². The molecule has 0 amide bonds. The van der Waals surface area contributed by atoms with Gasteiger partial charge in [0.25, 0.3) is 0 Å². The fourth-order valence-corrected chi connectivity index (χ4v) is 4.55. The molecule has 12 heteroatoms. The molecule has 3 aromatic rings. The Kier molecular flexibility index (Phi) is 5.93. The predicted octanol–water partition coefficient (Wildman–Crippen LogP) is 4.01. The number of halogens is 3. The first-order valence-electron chi connectivity index (χ1n) is 10.1. The van der Waals surface area contributed by atoms with E-state index in [0.29, 0.717) is 36.0 Å². The van der Waals surface area contributed by atoms with E-state index in [9.17, 15) is 26.9 Å². The van der Waals surface area contributed by atoms with Crippen molar-refractivity contribution in [2.24, 2.45) is 0 Å². The van der Waals surface area contributed by atoms with Crippen molar-refractivity contribution in [3.63, 3.8) is 0 Å². The molecule has 34 heavy (non-hydrogen) atoms. The van der Waals surface area contributed by atoms with E-state index in [2.05, 4.69) is 16.0 Å². The molecule has 0 bridgehead atoms. The van der Waals surface area contributed by atoms with Crippen molar-refractivity contribution in [1.82, 2.24) is 19.3 Å². The molecule has 0 aliphatic heterocycles. The van der Waals surface area contributed by atoms with Crippen LogP contribution in [0.1, 0.15) is 19.4 Å². The normalized spacial score (nSPS) is 14.4. The first kappa shape index (κ1) is 23.5. The molecule has 4 rings (SSSR count). The third kappa shape index (κ3) is 4.15. The standard InChI is InChI=1S/C22H18F3N5O3S/c1-3-33-15-9-17-18(10-26)20(30(14-5-4-6-14)21(17)28-11-15)19-8-7-16(12-27-19)34(31,32)29-13(2)22(23,24)25/h4-9,11-13,29H,3H2,1-2H3/t13-/m1/s1. The lowest BCUT2D eigenvalue weighted by molar-refractivity contribution is -0.147. The second-order valence-electron chi connectivity index (χ2n) is 7.36. The molecule has 0 saturated carbocycles. The van der Waals surface area contributed by atoms with Crippen LogP contribution in [0, 0.1) is 11.3 Å². The van der Waals surface area contributed by atoms with Crippen LogP contribution >= 0.6 is 0 Å². The summed E-state index contributed by atoms with van der Waals surface area (Å²) in [7, 11) is -4.47. The fourth-order valence-electron chi connectivity index (χ4n) is 3.38. The molecule has 0 unspecified atom stereocenters. The van der Waals surface area contributed by atoms with Crippen molar-refractivity contribution in [2.75, 3.05) is 6.61 Å². The second kappa shape index (κ2) is 8.58. The number of hydrogen-bond donors (Lipinski definition) is 1. The van der Waals surface area contributed by atoms with Gasteiger partial charge in [-0.25, -0.2) is 13.4 Å². The zero-order valence-electron chi connectivity index (χ0n) is 18.0. The minimum absolute atomic E-state index is 0.247. The lowest BCUT2D eigenvalue weighted by Gasteiger charge is -2.17. The Balaban J connectivity index is 1.82. The van der Waals surface area contributed by atoms with Crippen LogP contribution in [0.3, 0.4) is 0 Å². The van der Waals surface area contributed by atoms with Gasteiger partial charge in [-0.2, -0.15) is 23.2 Å². The lowest BCUT2D eigenvalue weighted by Crippen LogP contribution is -2.42. The van der Waals surface area contributed by atoms with E-state index in [4.69, 9.17) is 4.74 Å². The number of alkyl halides is 3. The zero-order valence-corrected chi connectivity index (χ0v) is 18.8. The van der Waals surface area contributed by atoms with Gasteiger partial charge < -0.3 is 4.74 Å². The summed E-state index contributed by atoms with van der Waals surface area (Å²) >= 11 is 0. The van der Waals surface area contributed by atoms with Gasteiger partial charge >= 0.3 is 6.18 Å². The van der Waals surface area contributed by atoms with E-state index in [1.807, 2.05) is 25.2 Å². The number of rotatable bonds is 7. The molecule has 0 radical (unpaired) electrons. The molecular weight excluding hydrogens is 471 g/mol. The zero-order chi connectivity index (χ0) is 24.7. The van der Waals surface area contributed by atoms with Crippen LogP contribution < -0.4 is 9.46 Å². The Morgan fingerprint density at radius 1 is 1.26 bits per heavy atom. The summed E-state index contributed by atoms with van der Waals surface area (Å²) in [5, 5.41) is 10.5. The summed E-state index contributed by atoms with van der Waals surface area (Å²) in [5.74, 6) is 0.479. The summed E-state index contributed by atoms with van der Waals surface area (Å²) in [4.78, 5) is 8.17. The summed E-state index contributed by atoms with van der Waals surface area (Å²) in [6.07, 6.45) is 3.18. The summed E-state index contributed by atoms with van der Waals surface area (Å²) in [6, 6.07) is 4.05. The van der Waals surface area contributed by atoms with Crippen molar-refractivity contribution in [3.05, 3.63) is 54.4 Å². The van der Waals surface area contributed by atoms with Crippen molar-refractivity contribution in [1.29, 1.82) is 5.26 Å². The highest BCUT2D eigenvalue weighted by atomic mass is 32.2. The molecule has 0 aromatic carbocycles. The van der Waals surface area contributed by atoms with Crippen molar-refractivity contribution >= 4 is 26.8 Å². The third-order valence-electron chi connectivity index (χ3n) is 5.11. The van der Waals surface area contributed by atoms with Crippen molar-refractivity contribution in [3.8, 4) is 23.2 Å². The molecule has 0 fully saturated rings. The van der Waals surface area contributed by atoms with E-state index >= 15 is 0 Å².